The Kier molecular flexibility index (Phi) is 6.88. The van der Waals surface area contributed by atoms with Crippen molar-refractivity contribution in [1.82, 2.24) is 10.6 Å². The van der Waals surface area contributed by atoms with Crippen LogP contribution in [0, 0.1) is 0 Å². The van der Waals surface area contributed by atoms with Crippen LogP contribution in [0.5, 0.6) is 0 Å². The van der Waals surface area contributed by atoms with Crippen LogP contribution >= 0.6 is 12.4 Å². The van der Waals surface area contributed by atoms with Crippen LogP contribution in [-0.4, -0.2) is 38.2 Å². The van der Waals surface area contributed by atoms with Gasteiger partial charge in [0.2, 0.25) is 0 Å². The van der Waals surface area contributed by atoms with Crippen molar-refractivity contribution in [2.24, 2.45) is 0 Å². The van der Waals surface area contributed by atoms with Gasteiger partial charge in [-0.25, -0.2) is 8.42 Å². The lowest BCUT2D eigenvalue weighted by molar-refractivity contribution is 0.0919. The number of carbonyl (C=O) groups excluding carboxylic acids is 1. The fourth-order valence-electron chi connectivity index (χ4n) is 3.68. The average Bonchev–Trinajstić information content (AvgIpc) is 3.12. The molecule has 0 bridgehead atoms. The van der Waals surface area contributed by atoms with Gasteiger partial charge in [-0.1, -0.05) is 12.8 Å². The Morgan fingerprint density at radius 1 is 1.08 bits per heavy atom. The smallest absolute Gasteiger partial charge is 0.251 e. The third-order valence-electron chi connectivity index (χ3n) is 5.26. The van der Waals surface area contributed by atoms with Crippen molar-refractivity contribution in [2.75, 3.05) is 6.54 Å². The van der Waals surface area contributed by atoms with Crippen LogP contribution in [0.25, 0.3) is 0 Å². The van der Waals surface area contributed by atoms with Gasteiger partial charge in [-0.15, -0.1) is 12.4 Å². The second kappa shape index (κ2) is 8.52. The van der Waals surface area contributed by atoms with Crippen LogP contribution in [0.3, 0.4) is 0 Å². The predicted molar refractivity (Wildman–Crippen MR) is 101 cm³/mol. The molecular formula is C18H27ClN2O3S. The summed E-state index contributed by atoms with van der Waals surface area (Å²) < 4.78 is 25.1. The molecule has 2 unspecified atom stereocenters. The van der Waals surface area contributed by atoms with E-state index in [-0.39, 0.29) is 35.6 Å². The Bertz CT molecular complexity index is 685. The topological polar surface area (TPSA) is 75.3 Å². The van der Waals surface area contributed by atoms with Gasteiger partial charge in [0.05, 0.1) is 10.1 Å². The maximum Gasteiger partial charge on any atom is 0.251 e. The fraction of sp³-hybridized carbons (Fsp3) is 0.611. The highest BCUT2D eigenvalue weighted by Gasteiger charge is 2.30. The largest absolute Gasteiger partial charge is 0.348 e. The molecule has 1 aliphatic carbocycles. The molecule has 3 rings (SSSR count). The van der Waals surface area contributed by atoms with Gasteiger partial charge in [0.1, 0.15) is 0 Å². The SMILES string of the molecule is CC1NCCCC1NC(=O)c1ccc(S(=O)(=O)C2CCCC2)cc1.Cl. The number of benzene rings is 1. The van der Waals surface area contributed by atoms with Crippen molar-refractivity contribution in [3.63, 3.8) is 0 Å². The van der Waals surface area contributed by atoms with E-state index in [0.29, 0.717) is 10.5 Å². The zero-order valence-electron chi connectivity index (χ0n) is 14.5. The molecule has 5 nitrogen and oxygen atoms in total. The molecular weight excluding hydrogens is 360 g/mol. The molecule has 7 heteroatoms. The fourth-order valence-corrected chi connectivity index (χ4v) is 5.53. The number of rotatable bonds is 4. The monoisotopic (exact) mass is 386 g/mol. The molecule has 2 aliphatic rings. The zero-order chi connectivity index (χ0) is 17.2. The predicted octanol–water partition coefficient (Wildman–Crippen LogP) is 2.70. The summed E-state index contributed by atoms with van der Waals surface area (Å²) in [6, 6.07) is 6.77. The van der Waals surface area contributed by atoms with Crippen LogP contribution in [0.1, 0.15) is 55.8 Å². The quantitative estimate of drug-likeness (QED) is 0.834. The van der Waals surface area contributed by atoms with Crippen LogP contribution in [0.4, 0.5) is 0 Å². The molecule has 1 heterocycles. The number of nitrogens with one attached hydrogen (secondary N) is 2. The van der Waals surface area contributed by atoms with Gasteiger partial charge in [0.15, 0.2) is 9.84 Å². The molecule has 1 aromatic rings. The van der Waals surface area contributed by atoms with Crippen molar-refractivity contribution in [2.45, 2.75) is 67.7 Å². The molecule has 1 amide bonds. The van der Waals surface area contributed by atoms with Gasteiger partial charge in [0, 0.05) is 17.6 Å². The lowest BCUT2D eigenvalue weighted by Crippen LogP contribution is -2.51. The number of carbonyl (C=O) groups is 1. The summed E-state index contributed by atoms with van der Waals surface area (Å²) in [5, 5.41) is 6.14. The van der Waals surface area contributed by atoms with Crippen LogP contribution in [-0.2, 0) is 9.84 Å². The van der Waals surface area contributed by atoms with E-state index in [4.69, 9.17) is 0 Å². The first-order chi connectivity index (χ1) is 11.5. The van der Waals surface area contributed by atoms with Crippen molar-refractivity contribution in [1.29, 1.82) is 0 Å². The summed E-state index contributed by atoms with van der Waals surface area (Å²) >= 11 is 0. The highest BCUT2D eigenvalue weighted by molar-refractivity contribution is 7.92. The van der Waals surface area contributed by atoms with Gasteiger partial charge in [-0.2, -0.15) is 0 Å². The molecule has 2 atom stereocenters. The minimum absolute atomic E-state index is 0. The van der Waals surface area contributed by atoms with Gasteiger partial charge in [-0.3, -0.25) is 4.79 Å². The number of amides is 1. The van der Waals surface area contributed by atoms with Gasteiger partial charge in [0.25, 0.3) is 5.91 Å². The van der Waals surface area contributed by atoms with E-state index < -0.39 is 9.84 Å². The highest BCUT2D eigenvalue weighted by Crippen LogP contribution is 2.29. The summed E-state index contributed by atoms with van der Waals surface area (Å²) in [6.45, 7) is 3.06. The lowest BCUT2D eigenvalue weighted by atomic mass is 9.99. The first-order valence-electron chi connectivity index (χ1n) is 8.86. The molecule has 0 aromatic heterocycles. The van der Waals surface area contributed by atoms with E-state index >= 15 is 0 Å². The third-order valence-corrected chi connectivity index (χ3v) is 7.54. The van der Waals surface area contributed by atoms with E-state index in [0.717, 1.165) is 45.1 Å². The van der Waals surface area contributed by atoms with Gasteiger partial charge in [-0.05, 0) is 63.4 Å². The van der Waals surface area contributed by atoms with E-state index in [2.05, 4.69) is 17.6 Å². The molecule has 25 heavy (non-hydrogen) atoms. The zero-order valence-corrected chi connectivity index (χ0v) is 16.2. The van der Waals surface area contributed by atoms with Crippen LogP contribution in [0.15, 0.2) is 29.2 Å². The van der Waals surface area contributed by atoms with E-state index in [9.17, 15) is 13.2 Å². The minimum atomic E-state index is -3.26. The van der Waals surface area contributed by atoms with Gasteiger partial charge >= 0.3 is 0 Å². The first kappa shape index (κ1) is 20.2. The number of sulfone groups is 1. The van der Waals surface area contributed by atoms with E-state index in [1.54, 1.807) is 24.3 Å². The first-order valence-corrected chi connectivity index (χ1v) is 10.4. The molecule has 1 saturated carbocycles. The molecule has 2 fully saturated rings. The Hall–Kier alpha value is -1.11. The number of hydrogen-bond donors (Lipinski definition) is 2. The van der Waals surface area contributed by atoms with Crippen molar-refractivity contribution < 1.29 is 13.2 Å². The number of piperidine rings is 1. The Morgan fingerprint density at radius 3 is 2.32 bits per heavy atom. The van der Waals surface area contributed by atoms with E-state index in [1.165, 1.54) is 0 Å². The number of halogens is 1. The van der Waals surface area contributed by atoms with Crippen LogP contribution in [0.2, 0.25) is 0 Å². The second-order valence-corrected chi connectivity index (χ2v) is 9.17. The van der Waals surface area contributed by atoms with Gasteiger partial charge < -0.3 is 10.6 Å². The summed E-state index contributed by atoms with van der Waals surface area (Å²) in [6.07, 6.45) is 5.48. The Labute approximate surface area is 156 Å². The standard InChI is InChI=1S/C18H26N2O3S.ClH/c1-13-17(7-4-12-19-13)20-18(21)14-8-10-16(11-9-14)24(22,23)15-5-2-3-6-15;/h8-11,13,15,17,19H,2-7,12H2,1H3,(H,20,21);1H. The molecule has 1 aliphatic heterocycles. The van der Waals surface area contributed by atoms with Crippen molar-refractivity contribution in [3.8, 4) is 0 Å². The Morgan fingerprint density at radius 2 is 1.72 bits per heavy atom. The average molecular weight is 387 g/mol. The maximum atomic E-state index is 12.6. The van der Waals surface area contributed by atoms with Crippen LogP contribution < -0.4 is 10.6 Å². The molecule has 2 N–H and O–H groups in total. The molecule has 0 radical (unpaired) electrons. The lowest BCUT2D eigenvalue weighted by Gasteiger charge is -2.30. The summed E-state index contributed by atoms with van der Waals surface area (Å²) in [5.41, 5.74) is 0.512. The summed E-state index contributed by atoms with van der Waals surface area (Å²) in [4.78, 5) is 12.7. The Balaban J connectivity index is 0.00000225. The third kappa shape index (κ3) is 4.54. The molecule has 1 saturated heterocycles. The highest BCUT2D eigenvalue weighted by atomic mass is 35.5. The maximum absolute atomic E-state index is 12.6. The molecule has 1 aromatic carbocycles. The molecule has 140 valence electrons. The van der Waals surface area contributed by atoms with E-state index in [1.807, 2.05) is 0 Å². The molecule has 0 spiro atoms. The summed E-state index contributed by atoms with van der Waals surface area (Å²) in [7, 11) is -3.26. The van der Waals surface area contributed by atoms with Crippen molar-refractivity contribution >= 4 is 28.2 Å². The number of hydrogen-bond acceptors (Lipinski definition) is 4. The second-order valence-electron chi connectivity index (χ2n) is 6.94. The minimum Gasteiger partial charge on any atom is -0.348 e. The van der Waals surface area contributed by atoms with Crippen molar-refractivity contribution in [3.05, 3.63) is 29.8 Å². The summed E-state index contributed by atoms with van der Waals surface area (Å²) in [5.74, 6) is -0.139. The normalized spacial score (nSPS) is 24.5.